The highest BCUT2D eigenvalue weighted by Gasteiger charge is 2.05. The molecule has 0 unspecified atom stereocenters. The molecule has 0 radical (unpaired) electrons. The van der Waals surface area contributed by atoms with E-state index in [0.29, 0.717) is 18.2 Å². The Kier molecular flexibility index (Phi) is 3.20. The van der Waals surface area contributed by atoms with Gasteiger partial charge in [-0.3, -0.25) is 0 Å². The van der Waals surface area contributed by atoms with E-state index in [4.69, 9.17) is 7.48 Å². The molecular weight excluding hydrogens is 312 g/mol. The van der Waals surface area contributed by atoms with Crippen molar-refractivity contribution in [2.75, 3.05) is 0 Å². The first-order valence-electron chi connectivity index (χ1n) is 4.25. The molecule has 0 saturated carbocycles. The minimum absolute atomic E-state index is 0.248. The van der Waals surface area contributed by atoms with E-state index in [2.05, 4.69) is 4.98 Å². The van der Waals surface area contributed by atoms with Crippen LogP contribution in [0, 0.1) is 5.82 Å². The number of oxazole rings is 1. The fourth-order valence-electron chi connectivity index (χ4n) is 1.19. The van der Waals surface area contributed by atoms with E-state index in [0.717, 1.165) is 5.56 Å². The van der Waals surface area contributed by atoms with Crippen molar-refractivity contribution in [1.29, 1.82) is 0 Å². The average Bonchev–Trinajstić information content (AvgIpc) is 2.69. The molecule has 0 fully saturated rings. The van der Waals surface area contributed by atoms with E-state index >= 15 is 0 Å². The Hall–Kier alpha value is -1.11. The number of hydrogen-bond acceptors (Lipinski definition) is 3. The summed E-state index contributed by atoms with van der Waals surface area (Å²) in [6.45, 7) is 0. The lowest BCUT2D eigenvalue weighted by atomic mass is 10.1. The summed E-state index contributed by atoms with van der Waals surface area (Å²) in [5.41, 5.74) is 0.943. The van der Waals surface area contributed by atoms with Crippen LogP contribution in [0.25, 0.3) is 0 Å². The van der Waals surface area contributed by atoms with Gasteiger partial charge in [-0.15, -0.1) is 0 Å². The minimum Gasteiger partial charge on any atom is -0.444 e. The molecule has 3 nitrogen and oxygen atoms in total. The van der Waals surface area contributed by atoms with E-state index < -0.39 is 0 Å². The number of benzene rings is 1. The predicted molar refractivity (Wildman–Crippen MR) is 60.4 cm³/mol. The Labute approximate surface area is 100.0 Å². The number of nitrogens with zero attached hydrogens (tertiary/aromatic N) is 1. The van der Waals surface area contributed by atoms with Crippen molar-refractivity contribution in [2.24, 2.45) is 0 Å². The molecule has 1 aromatic heterocycles. The van der Waals surface area contributed by atoms with Gasteiger partial charge in [-0.25, -0.2) is 4.39 Å². The molecule has 2 aromatic rings. The van der Waals surface area contributed by atoms with Crippen molar-refractivity contribution in [3.05, 3.63) is 47.8 Å². The fraction of sp³-hybridized carbons (Fsp3) is 0.100. The molecule has 0 saturated heterocycles. The van der Waals surface area contributed by atoms with Gasteiger partial charge >= 0.3 is 0 Å². The standard InChI is InChI=1S/C10H7FINO2/c11-8-3-1-7(2-4-8)5-9-13-10(15-12)6-14-9/h1-4,6H,5H2. The van der Waals surface area contributed by atoms with Gasteiger partial charge in [0.05, 0.1) is 0 Å². The monoisotopic (exact) mass is 319 g/mol. The van der Waals surface area contributed by atoms with Gasteiger partial charge in [0, 0.05) is 6.42 Å². The lowest BCUT2D eigenvalue weighted by molar-refractivity contribution is 0.504. The molecule has 0 bridgehead atoms. The minimum atomic E-state index is -0.248. The number of halogens is 2. The van der Waals surface area contributed by atoms with Crippen LogP contribution < -0.4 is 3.07 Å². The van der Waals surface area contributed by atoms with Crippen LogP contribution >= 0.6 is 23.0 Å². The molecule has 15 heavy (non-hydrogen) atoms. The summed E-state index contributed by atoms with van der Waals surface area (Å²) in [4.78, 5) is 4.06. The first kappa shape index (κ1) is 10.4. The molecule has 5 heteroatoms. The third-order valence-corrected chi connectivity index (χ3v) is 2.33. The zero-order chi connectivity index (χ0) is 10.7. The van der Waals surface area contributed by atoms with Crippen LogP contribution in [0.4, 0.5) is 4.39 Å². The summed E-state index contributed by atoms with van der Waals surface area (Å²) in [6, 6.07) is 6.22. The van der Waals surface area contributed by atoms with Gasteiger partial charge < -0.3 is 7.48 Å². The van der Waals surface area contributed by atoms with E-state index in [-0.39, 0.29) is 5.82 Å². The molecule has 0 spiro atoms. The summed E-state index contributed by atoms with van der Waals surface area (Å²) in [7, 11) is 0. The van der Waals surface area contributed by atoms with Crippen LogP contribution in [-0.4, -0.2) is 4.98 Å². The number of aromatic nitrogens is 1. The van der Waals surface area contributed by atoms with Crippen molar-refractivity contribution in [3.63, 3.8) is 0 Å². The molecule has 0 aliphatic carbocycles. The largest absolute Gasteiger partial charge is 0.444 e. The third kappa shape index (κ3) is 2.68. The topological polar surface area (TPSA) is 35.3 Å². The Balaban J connectivity index is 2.11. The van der Waals surface area contributed by atoms with E-state index in [1.54, 1.807) is 35.1 Å². The quantitative estimate of drug-likeness (QED) is 0.816. The van der Waals surface area contributed by atoms with Gasteiger partial charge in [0.15, 0.2) is 29.3 Å². The van der Waals surface area contributed by atoms with E-state index in [1.807, 2.05) is 0 Å². The average molecular weight is 319 g/mol. The van der Waals surface area contributed by atoms with Gasteiger partial charge in [-0.2, -0.15) is 4.98 Å². The third-order valence-electron chi connectivity index (χ3n) is 1.88. The SMILES string of the molecule is Fc1ccc(Cc2nc(OI)co2)cc1. The van der Waals surface area contributed by atoms with Crippen LogP contribution in [0.3, 0.4) is 0 Å². The zero-order valence-electron chi connectivity index (χ0n) is 7.61. The van der Waals surface area contributed by atoms with Gasteiger partial charge in [0.2, 0.25) is 5.89 Å². The second-order valence-corrected chi connectivity index (χ2v) is 3.40. The number of rotatable bonds is 3. The molecular formula is C10H7FINO2. The van der Waals surface area contributed by atoms with Crippen molar-refractivity contribution >= 4 is 23.0 Å². The van der Waals surface area contributed by atoms with Crippen LogP contribution in [0.5, 0.6) is 5.88 Å². The van der Waals surface area contributed by atoms with Gasteiger partial charge in [0.25, 0.3) is 5.88 Å². The maximum Gasteiger partial charge on any atom is 0.263 e. The maximum absolute atomic E-state index is 12.6. The highest BCUT2D eigenvalue weighted by Crippen LogP contribution is 2.15. The lowest BCUT2D eigenvalue weighted by Crippen LogP contribution is -1.88. The summed E-state index contributed by atoms with van der Waals surface area (Å²) < 4.78 is 22.6. The Bertz CT molecular complexity index is 441. The lowest BCUT2D eigenvalue weighted by Gasteiger charge is -1.96. The fourth-order valence-corrected chi connectivity index (χ4v) is 1.39. The highest BCUT2D eigenvalue weighted by molar-refractivity contribution is 14.1. The molecule has 0 N–H and O–H groups in total. The van der Waals surface area contributed by atoms with Crippen LogP contribution in [0.15, 0.2) is 34.9 Å². The van der Waals surface area contributed by atoms with Gasteiger partial charge in [-0.1, -0.05) is 12.1 Å². The van der Waals surface area contributed by atoms with Gasteiger partial charge in [0.1, 0.15) is 5.82 Å². The predicted octanol–water partition coefficient (Wildman–Crippen LogP) is 3.13. The summed E-state index contributed by atoms with van der Waals surface area (Å²) in [5.74, 6) is 0.739. The van der Waals surface area contributed by atoms with Crippen molar-refractivity contribution in [3.8, 4) is 5.88 Å². The highest BCUT2D eigenvalue weighted by atomic mass is 127. The van der Waals surface area contributed by atoms with Gasteiger partial charge in [-0.05, 0) is 17.7 Å². The van der Waals surface area contributed by atoms with Crippen molar-refractivity contribution in [2.45, 2.75) is 6.42 Å². The molecule has 0 aliphatic heterocycles. The van der Waals surface area contributed by atoms with E-state index in [1.165, 1.54) is 18.4 Å². The molecule has 1 heterocycles. The molecule has 1 aromatic carbocycles. The second-order valence-electron chi connectivity index (χ2n) is 2.96. The van der Waals surface area contributed by atoms with E-state index in [9.17, 15) is 4.39 Å². The van der Waals surface area contributed by atoms with Crippen molar-refractivity contribution in [1.82, 2.24) is 4.98 Å². The molecule has 0 amide bonds. The first-order valence-corrected chi connectivity index (χ1v) is 5.13. The summed E-state index contributed by atoms with van der Waals surface area (Å²) >= 11 is 1.73. The zero-order valence-corrected chi connectivity index (χ0v) is 9.77. The Morgan fingerprint density at radius 1 is 1.33 bits per heavy atom. The normalized spacial score (nSPS) is 10.3. The smallest absolute Gasteiger partial charge is 0.263 e. The molecule has 2 rings (SSSR count). The van der Waals surface area contributed by atoms with Crippen molar-refractivity contribution < 1.29 is 11.9 Å². The van der Waals surface area contributed by atoms with Crippen LogP contribution in [-0.2, 0) is 6.42 Å². The van der Waals surface area contributed by atoms with Crippen LogP contribution in [0.1, 0.15) is 11.5 Å². The molecule has 0 atom stereocenters. The Morgan fingerprint density at radius 3 is 2.67 bits per heavy atom. The maximum atomic E-state index is 12.6. The molecule has 78 valence electrons. The first-order chi connectivity index (χ1) is 7.28. The Morgan fingerprint density at radius 2 is 2.07 bits per heavy atom. The number of hydrogen-bond donors (Lipinski definition) is 0. The summed E-state index contributed by atoms with van der Waals surface area (Å²) in [6.07, 6.45) is 1.96. The summed E-state index contributed by atoms with van der Waals surface area (Å²) in [5, 5.41) is 0. The van der Waals surface area contributed by atoms with Crippen LogP contribution in [0.2, 0.25) is 0 Å². The molecule has 0 aliphatic rings. The second kappa shape index (κ2) is 4.61.